The molecule has 1 atom stereocenters. The van der Waals surface area contributed by atoms with Gasteiger partial charge in [-0.25, -0.2) is 0 Å². The standard InChI is InChI=1S/C23H25N3O5/c27-22(16-31-20-6-2-1-3-7-20)25-12-5-4-8-21(25)23(28)24-13-11-17-9-10-19(26(29)30)14-18(17)15-24/h1-3,6-7,9-10,14,21H,4-5,8,11-13,15-16H2/t21-/m1/s1. The summed E-state index contributed by atoms with van der Waals surface area (Å²) in [5.74, 6) is 0.324. The van der Waals surface area contributed by atoms with Gasteiger partial charge in [-0.15, -0.1) is 0 Å². The Kier molecular flexibility index (Phi) is 6.16. The summed E-state index contributed by atoms with van der Waals surface area (Å²) < 4.78 is 5.60. The number of amides is 2. The van der Waals surface area contributed by atoms with Gasteiger partial charge in [-0.05, 0) is 48.9 Å². The van der Waals surface area contributed by atoms with Gasteiger partial charge < -0.3 is 14.5 Å². The number of piperidine rings is 1. The highest BCUT2D eigenvalue weighted by molar-refractivity contribution is 5.88. The number of non-ortho nitro benzene ring substituents is 1. The summed E-state index contributed by atoms with van der Waals surface area (Å²) in [6, 6.07) is 13.4. The predicted octanol–water partition coefficient (Wildman–Crippen LogP) is 2.94. The lowest BCUT2D eigenvalue weighted by atomic mass is 9.96. The van der Waals surface area contributed by atoms with Crippen LogP contribution in [0.15, 0.2) is 48.5 Å². The number of nitro benzene ring substituents is 1. The number of nitrogens with zero attached hydrogens (tertiary/aromatic N) is 3. The Bertz CT molecular complexity index is 978. The molecule has 2 aromatic carbocycles. The van der Waals surface area contributed by atoms with Gasteiger partial charge in [-0.1, -0.05) is 24.3 Å². The highest BCUT2D eigenvalue weighted by atomic mass is 16.6. The van der Waals surface area contributed by atoms with Gasteiger partial charge in [0.05, 0.1) is 4.92 Å². The minimum absolute atomic E-state index is 0.0283. The van der Waals surface area contributed by atoms with Gasteiger partial charge in [0.2, 0.25) is 5.91 Å². The van der Waals surface area contributed by atoms with Crippen LogP contribution in [0.4, 0.5) is 5.69 Å². The van der Waals surface area contributed by atoms with Crippen molar-refractivity contribution < 1.29 is 19.2 Å². The number of carbonyl (C=O) groups excluding carboxylic acids is 2. The molecule has 2 aromatic rings. The summed E-state index contributed by atoms with van der Waals surface area (Å²) in [6.45, 7) is 1.30. The van der Waals surface area contributed by atoms with Crippen molar-refractivity contribution in [1.29, 1.82) is 0 Å². The van der Waals surface area contributed by atoms with Crippen molar-refractivity contribution in [2.75, 3.05) is 19.7 Å². The average Bonchev–Trinajstić information content (AvgIpc) is 2.82. The lowest BCUT2D eigenvalue weighted by molar-refractivity contribution is -0.385. The number of likely N-dealkylation sites (tertiary alicyclic amines) is 1. The molecule has 0 spiro atoms. The zero-order valence-electron chi connectivity index (χ0n) is 17.2. The Morgan fingerprint density at radius 3 is 2.65 bits per heavy atom. The maximum Gasteiger partial charge on any atom is 0.269 e. The molecule has 8 heteroatoms. The highest BCUT2D eigenvalue weighted by Gasteiger charge is 2.36. The van der Waals surface area contributed by atoms with Gasteiger partial charge in [-0.2, -0.15) is 0 Å². The molecular weight excluding hydrogens is 398 g/mol. The first-order valence-corrected chi connectivity index (χ1v) is 10.6. The molecule has 2 heterocycles. The summed E-state index contributed by atoms with van der Waals surface area (Å²) in [6.07, 6.45) is 3.01. The monoisotopic (exact) mass is 423 g/mol. The number of para-hydroxylation sites is 1. The first kappa shape index (κ1) is 20.8. The van der Waals surface area contributed by atoms with Crippen LogP contribution >= 0.6 is 0 Å². The van der Waals surface area contributed by atoms with Crippen LogP contribution in [-0.4, -0.2) is 52.3 Å². The third-order valence-corrected chi connectivity index (χ3v) is 5.94. The van der Waals surface area contributed by atoms with Crippen molar-refractivity contribution in [2.45, 2.75) is 38.3 Å². The lowest BCUT2D eigenvalue weighted by Crippen LogP contribution is -2.54. The van der Waals surface area contributed by atoms with Gasteiger partial charge in [0, 0.05) is 31.8 Å². The second kappa shape index (κ2) is 9.16. The molecule has 2 aliphatic heterocycles. The molecule has 8 nitrogen and oxygen atoms in total. The summed E-state index contributed by atoms with van der Waals surface area (Å²) in [4.78, 5) is 40.2. The second-order valence-electron chi connectivity index (χ2n) is 7.92. The molecule has 2 amide bonds. The minimum Gasteiger partial charge on any atom is -0.484 e. The molecule has 0 bridgehead atoms. The van der Waals surface area contributed by atoms with Gasteiger partial charge in [0.25, 0.3) is 11.6 Å². The summed E-state index contributed by atoms with van der Waals surface area (Å²) in [5, 5.41) is 11.1. The van der Waals surface area contributed by atoms with Gasteiger partial charge in [-0.3, -0.25) is 19.7 Å². The Balaban J connectivity index is 1.44. The number of carbonyl (C=O) groups is 2. The van der Waals surface area contributed by atoms with E-state index in [4.69, 9.17) is 4.74 Å². The Morgan fingerprint density at radius 2 is 1.87 bits per heavy atom. The molecule has 0 aliphatic carbocycles. The van der Waals surface area contributed by atoms with Crippen molar-refractivity contribution in [3.8, 4) is 5.75 Å². The first-order valence-electron chi connectivity index (χ1n) is 10.6. The normalized spacial score (nSPS) is 18.3. The van der Waals surface area contributed by atoms with Gasteiger partial charge in [0.1, 0.15) is 11.8 Å². The van der Waals surface area contributed by atoms with Crippen LogP contribution in [0.1, 0.15) is 30.4 Å². The van der Waals surface area contributed by atoms with Crippen LogP contribution in [0.2, 0.25) is 0 Å². The molecule has 0 radical (unpaired) electrons. The zero-order chi connectivity index (χ0) is 21.8. The minimum atomic E-state index is -0.513. The molecule has 1 fully saturated rings. The molecule has 2 aliphatic rings. The lowest BCUT2D eigenvalue weighted by Gasteiger charge is -2.39. The number of benzene rings is 2. The van der Waals surface area contributed by atoms with Crippen LogP contribution in [0.25, 0.3) is 0 Å². The quantitative estimate of drug-likeness (QED) is 0.545. The van der Waals surface area contributed by atoms with E-state index in [1.165, 1.54) is 6.07 Å². The summed E-state index contributed by atoms with van der Waals surface area (Å²) in [5.41, 5.74) is 1.86. The molecule has 4 rings (SSSR count). The summed E-state index contributed by atoms with van der Waals surface area (Å²) >= 11 is 0. The molecule has 31 heavy (non-hydrogen) atoms. The van der Waals surface area contributed by atoms with Gasteiger partial charge >= 0.3 is 0 Å². The Hall–Kier alpha value is -3.42. The van der Waals surface area contributed by atoms with E-state index in [-0.39, 0.29) is 24.1 Å². The van der Waals surface area contributed by atoms with E-state index in [1.54, 1.807) is 34.1 Å². The van der Waals surface area contributed by atoms with Crippen molar-refractivity contribution in [1.82, 2.24) is 9.80 Å². The van der Waals surface area contributed by atoms with E-state index in [0.29, 0.717) is 38.2 Å². The van der Waals surface area contributed by atoms with E-state index >= 15 is 0 Å². The highest BCUT2D eigenvalue weighted by Crippen LogP contribution is 2.26. The van der Waals surface area contributed by atoms with E-state index in [9.17, 15) is 19.7 Å². The van der Waals surface area contributed by atoms with Crippen LogP contribution in [-0.2, 0) is 22.6 Å². The first-order chi connectivity index (χ1) is 15.0. The van der Waals surface area contributed by atoms with Crippen LogP contribution in [0.5, 0.6) is 5.75 Å². The van der Waals surface area contributed by atoms with Crippen LogP contribution in [0.3, 0.4) is 0 Å². The molecular formula is C23H25N3O5. The third-order valence-electron chi connectivity index (χ3n) is 5.94. The smallest absolute Gasteiger partial charge is 0.269 e. The fourth-order valence-corrected chi connectivity index (χ4v) is 4.29. The summed E-state index contributed by atoms with van der Waals surface area (Å²) in [7, 11) is 0. The maximum atomic E-state index is 13.3. The number of hydrogen-bond donors (Lipinski definition) is 0. The predicted molar refractivity (Wildman–Crippen MR) is 114 cm³/mol. The number of fused-ring (bicyclic) bond motifs is 1. The Labute approximate surface area is 180 Å². The van der Waals surface area contributed by atoms with E-state index in [0.717, 1.165) is 24.0 Å². The van der Waals surface area contributed by atoms with Crippen LogP contribution < -0.4 is 4.74 Å². The molecule has 0 N–H and O–H groups in total. The van der Waals surface area contributed by atoms with Crippen molar-refractivity contribution >= 4 is 17.5 Å². The van der Waals surface area contributed by atoms with Crippen molar-refractivity contribution in [3.05, 3.63) is 69.8 Å². The molecule has 0 unspecified atom stereocenters. The second-order valence-corrected chi connectivity index (χ2v) is 7.92. The fourth-order valence-electron chi connectivity index (χ4n) is 4.29. The van der Waals surface area contributed by atoms with Crippen LogP contribution in [0, 0.1) is 10.1 Å². The third kappa shape index (κ3) is 4.68. The molecule has 0 aromatic heterocycles. The number of rotatable bonds is 5. The van der Waals surface area contributed by atoms with Gasteiger partial charge in [0.15, 0.2) is 6.61 Å². The SMILES string of the molecule is O=C([C@H]1CCCCN1C(=O)COc1ccccc1)N1CCc2ccc([N+](=O)[O-])cc2C1. The largest absolute Gasteiger partial charge is 0.484 e. The number of nitro groups is 1. The topological polar surface area (TPSA) is 93.0 Å². The molecule has 162 valence electrons. The van der Waals surface area contributed by atoms with Crippen molar-refractivity contribution in [2.24, 2.45) is 0 Å². The number of hydrogen-bond acceptors (Lipinski definition) is 5. The maximum absolute atomic E-state index is 13.3. The van der Waals surface area contributed by atoms with E-state index in [1.807, 2.05) is 18.2 Å². The van der Waals surface area contributed by atoms with E-state index in [2.05, 4.69) is 0 Å². The van der Waals surface area contributed by atoms with E-state index < -0.39 is 11.0 Å². The fraction of sp³-hybridized carbons (Fsp3) is 0.391. The average molecular weight is 423 g/mol. The number of ether oxygens (including phenoxy) is 1. The molecule has 1 saturated heterocycles. The van der Waals surface area contributed by atoms with Crippen molar-refractivity contribution in [3.63, 3.8) is 0 Å². The Morgan fingerprint density at radius 1 is 1.06 bits per heavy atom. The zero-order valence-corrected chi connectivity index (χ0v) is 17.2. The molecule has 0 saturated carbocycles.